The van der Waals surface area contributed by atoms with Crippen molar-refractivity contribution < 1.29 is 18.3 Å². The summed E-state index contributed by atoms with van der Waals surface area (Å²) in [5.41, 5.74) is 0.712. The van der Waals surface area contributed by atoms with Gasteiger partial charge in [-0.05, 0) is 12.1 Å². The summed E-state index contributed by atoms with van der Waals surface area (Å²) in [5, 5.41) is 2.62. The lowest BCUT2D eigenvalue weighted by molar-refractivity contribution is 0.220. The molecule has 1 aromatic carbocycles. The number of amides is 2. The maximum absolute atomic E-state index is 13.6. The van der Waals surface area contributed by atoms with Crippen LogP contribution >= 0.6 is 0 Å². The quantitative estimate of drug-likeness (QED) is 0.944. The van der Waals surface area contributed by atoms with E-state index in [0.717, 1.165) is 12.1 Å². The molecular weight excluding hydrogens is 292 g/mol. The number of methoxy groups -OCH3 is 1. The first-order valence-electron chi connectivity index (χ1n) is 6.45. The van der Waals surface area contributed by atoms with Crippen LogP contribution in [0, 0.1) is 11.6 Å². The third-order valence-electron chi connectivity index (χ3n) is 2.97. The molecule has 1 N–H and O–H groups in total. The number of rotatable bonds is 4. The van der Waals surface area contributed by atoms with Gasteiger partial charge in [0, 0.05) is 31.3 Å². The van der Waals surface area contributed by atoms with Gasteiger partial charge in [-0.25, -0.2) is 18.6 Å². The molecule has 116 valence electrons. The van der Waals surface area contributed by atoms with E-state index in [1.165, 1.54) is 31.3 Å². The van der Waals surface area contributed by atoms with Crippen LogP contribution in [0.5, 0.6) is 5.88 Å². The molecule has 0 saturated carbocycles. The lowest BCUT2D eigenvalue weighted by Crippen LogP contribution is -2.31. The molecule has 2 aromatic rings. The number of carbonyl (C=O) groups is 1. The van der Waals surface area contributed by atoms with Crippen LogP contribution in [-0.4, -0.2) is 30.1 Å². The van der Waals surface area contributed by atoms with Crippen molar-refractivity contribution in [2.24, 2.45) is 0 Å². The van der Waals surface area contributed by atoms with E-state index in [-0.39, 0.29) is 12.1 Å². The molecule has 1 heterocycles. The van der Waals surface area contributed by atoms with E-state index < -0.39 is 17.7 Å². The van der Waals surface area contributed by atoms with E-state index in [1.807, 2.05) is 0 Å². The van der Waals surface area contributed by atoms with Gasteiger partial charge >= 0.3 is 6.03 Å². The number of nitrogens with zero attached hydrogens (tertiary/aromatic N) is 2. The van der Waals surface area contributed by atoms with Gasteiger partial charge < -0.3 is 15.0 Å². The molecule has 0 bridgehead atoms. The van der Waals surface area contributed by atoms with Crippen LogP contribution in [0.15, 0.2) is 36.5 Å². The minimum Gasteiger partial charge on any atom is -0.481 e. The number of anilines is 1. The molecule has 5 nitrogen and oxygen atoms in total. The van der Waals surface area contributed by atoms with Crippen molar-refractivity contribution in [2.45, 2.75) is 6.54 Å². The van der Waals surface area contributed by atoms with E-state index >= 15 is 0 Å². The molecule has 2 rings (SSSR count). The molecule has 2 amide bonds. The maximum Gasteiger partial charge on any atom is 0.321 e. The maximum atomic E-state index is 13.6. The lowest BCUT2D eigenvalue weighted by Gasteiger charge is -2.18. The van der Waals surface area contributed by atoms with Crippen LogP contribution in [-0.2, 0) is 6.54 Å². The topological polar surface area (TPSA) is 54.5 Å². The second-order valence-electron chi connectivity index (χ2n) is 4.61. The third kappa shape index (κ3) is 3.91. The summed E-state index contributed by atoms with van der Waals surface area (Å²) in [4.78, 5) is 17.2. The van der Waals surface area contributed by atoms with Crippen molar-refractivity contribution in [2.75, 3.05) is 19.5 Å². The van der Waals surface area contributed by atoms with Crippen molar-refractivity contribution in [1.29, 1.82) is 0 Å². The number of pyridine rings is 1. The predicted octanol–water partition coefficient (Wildman–Crippen LogP) is 3.03. The molecule has 0 fully saturated rings. The zero-order valence-corrected chi connectivity index (χ0v) is 12.1. The van der Waals surface area contributed by atoms with Crippen LogP contribution in [0.1, 0.15) is 5.56 Å². The monoisotopic (exact) mass is 307 g/mol. The molecule has 0 aliphatic carbocycles. The number of ether oxygens (including phenoxy) is 1. The average molecular weight is 307 g/mol. The van der Waals surface area contributed by atoms with Crippen LogP contribution in [0.3, 0.4) is 0 Å². The Hall–Kier alpha value is -2.70. The van der Waals surface area contributed by atoms with Gasteiger partial charge in [0.2, 0.25) is 5.88 Å². The van der Waals surface area contributed by atoms with Crippen LogP contribution < -0.4 is 10.1 Å². The highest BCUT2D eigenvalue weighted by molar-refractivity contribution is 5.88. The van der Waals surface area contributed by atoms with Gasteiger partial charge in [0.1, 0.15) is 11.6 Å². The molecule has 0 saturated heterocycles. The largest absolute Gasteiger partial charge is 0.481 e. The summed E-state index contributed by atoms with van der Waals surface area (Å²) in [5.74, 6) is -0.914. The van der Waals surface area contributed by atoms with Gasteiger partial charge in [-0.15, -0.1) is 0 Å². The number of hydrogen-bond acceptors (Lipinski definition) is 3. The zero-order valence-electron chi connectivity index (χ0n) is 12.1. The number of benzene rings is 1. The highest BCUT2D eigenvalue weighted by atomic mass is 19.1. The first-order chi connectivity index (χ1) is 10.5. The Bertz CT molecular complexity index is 662. The molecule has 0 aliphatic rings. The lowest BCUT2D eigenvalue weighted by atomic mass is 10.2. The van der Waals surface area contributed by atoms with Crippen LogP contribution in [0.2, 0.25) is 0 Å². The van der Waals surface area contributed by atoms with Crippen molar-refractivity contribution in [3.63, 3.8) is 0 Å². The number of aromatic nitrogens is 1. The summed E-state index contributed by atoms with van der Waals surface area (Å²) in [7, 11) is 3.00. The molecule has 22 heavy (non-hydrogen) atoms. The van der Waals surface area contributed by atoms with Crippen molar-refractivity contribution in [1.82, 2.24) is 9.88 Å². The molecule has 0 unspecified atom stereocenters. The second-order valence-corrected chi connectivity index (χ2v) is 4.61. The minimum atomic E-state index is -0.689. The fraction of sp³-hybridized carbons (Fsp3) is 0.200. The summed E-state index contributed by atoms with van der Waals surface area (Å²) in [6.45, 7) is 0.0154. The van der Waals surface area contributed by atoms with Crippen LogP contribution in [0.25, 0.3) is 0 Å². The Morgan fingerprint density at radius 2 is 2.09 bits per heavy atom. The summed E-state index contributed by atoms with van der Waals surface area (Å²) < 4.78 is 31.3. The van der Waals surface area contributed by atoms with E-state index in [1.54, 1.807) is 12.1 Å². The highest BCUT2D eigenvalue weighted by Crippen LogP contribution is 2.14. The number of nitrogens with one attached hydrogen (secondary N) is 1. The zero-order chi connectivity index (χ0) is 16.1. The van der Waals surface area contributed by atoms with Gasteiger partial charge in [0.05, 0.1) is 19.0 Å². The average Bonchev–Trinajstić information content (AvgIpc) is 2.50. The molecule has 0 radical (unpaired) electrons. The fourth-order valence-electron chi connectivity index (χ4n) is 1.77. The smallest absolute Gasteiger partial charge is 0.321 e. The van der Waals surface area contributed by atoms with Crippen molar-refractivity contribution in [3.05, 3.63) is 53.7 Å². The Labute approximate surface area is 126 Å². The molecule has 0 atom stereocenters. The minimum absolute atomic E-state index is 0.0154. The molecule has 0 aliphatic heterocycles. The fourth-order valence-corrected chi connectivity index (χ4v) is 1.77. The Morgan fingerprint density at radius 1 is 1.32 bits per heavy atom. The standard InChI is InChI=1S/C15H15F2N3O2/c1-20(9-10-3-4-11(16)7-13(10)17)15(21)19-12-5-6-14(22-2)18-8-12/h3-8H,9H2,1-2H3,(H,19,21). The van der Waals surface area contributed by atoms with E-state index in [2.05, 4.69) is 10.3 Å². The van der Waals surface area contributed by atoms with Crippen LogP contribution in [0.4, 0.5) is 19.3 Å². The first-order valence-corrected chi connectivity index (χ1v) is 6.45. The normalized spacial score (nSPS) is 10.2. The number of urea groups is 1. The molecule has 0 spiro atoms. The van der Waals surface area contributed by atoms with Gasteiger partial charge in [-0.2, -0.15) is 0 Å². The second kappa shape index (κ2) is 6.84. The highest BCUT2D eigenvalue weighted by Gasteiger charge is 2.12. The first kappa shape index (κ1) is 15.7. The summed E-state index contributed by atoms with van der Waals surface area (Å²) >= 11 is 0. The number of halogens is 2. The van der Waals surface area contributed by atoms with Crippen molar-refractivity contribution >= 4 is 11.7 Å². The number of hydrogen-bond donors (Lipinski definition) is 1. The van der Waals surface area contributed by atoms with E-state index in [4.69, 9.17) is 4.74 Å². The molecule has 7 heteroatoms. The summed E-state index contributed by atoms with van der Waals surface area (Å²) in [6.07, 6.45) is 1.45. The van der Waals surface area contributed by atoms with Crippen molar-refractivity contribution in [3.8, 4) is 5.88 Å². The Morgan fingerprint density at radius 3 is 2.68 bits per heavy atom. The van der Waals surface area contributed by atoms with Gasteiger partial charge in [-0.1, -0.05) is 6.07 Å². The number of carbonyl (C=O) groups excluding carboxylic acids is 1. The third-order valence-corrected chi connectivity index (χ3v) is 2.97. The SMILES string of the molecule is COc1ccc(NC(=O)N(C)Cc2ccc(F)cc2F)cn1. The van der Waals surface area contributed by atoms with Gasteiger partial charge in [0.25, 0.3) is 0 Å². The van der Waals surface area contributed by atoms with E-state index in [9.17, 15) is 13.6 Å². The van der Waals surface area contributed by atoms with Gasteiger partial charge in [0.15, 0.2) is 0 Å². The Balaban J connectivity index is 1.99. The van der Waals surface area contributed by atoms with Gasteiger partial charge in [-0.3, -0.25) is 0 Å². The Kier molecular flexibility index (Phi) is 4.88. The summed E-state index contributed by atoms with van der Waals surface area (Å²) in [6, 6.07) is 6.05. The predicted molar refractivity (Wildman–Crippen MR) is 77.6 cm³/mol. The molecule has 1 aromatic heterocycles. The molecular formula is C15H15F2N3O2. The van der Waals surface area contributed by atoms with E-state index in [0.29, 0.717) is 11.6 Å².